The number of allylic oxidation sites excluding steroid dienone is 4. The van der Waals surface area contributed by atoms with E-state index in [0.717, 1.165) is 26.4 Å². The summed E-state index contributed by atoms with van der Waals surface area (Å²) in [6, 6.07) is 0. The average molecular weight is 411 g/mol. The monoisotopic (exact) mass is 410 g/mol. The quantitative estimate of drug-likeness (QED) is 0.449. The van der Waals surface area contributed by atoms with E-state index in [4.69, 9.17) is 16.1 Å². The highest BCUT2D eigenvalue weighted by atomic mass is 32.1. The first-order valence-corrected chi connectivity index (χ1v) is 9.94. The molecule has 29 heavy (non-hydrogen) atoms. The smallest absolute Gasteiger partial charge is 0.291 e. The number of thiazole rings is 1. The van der Waals surface area contributed by atoms with Gasteiger partial charge in [-0.2, -0.15) is 5.10 Å². The lowest BCUT2D eigenvalue weighted by atomic mass is 10.2. The van der Waals surface area contributed by atoms with Gasteiger partial charge in [0.05, 0.1) is 29.3 Å². The summed E-state index contributed by atoms with van der Waals surface area (Å²) in [4.78, 5) is 17.7. The predicted octanol–water partition coefficient (Wildman–Crippen LogP) is 0.968. The van der Waals surface area contributed by atoms with Crippen molar-refractivity contribution in [2.75, 3.05) is 7.05 Å². The minimum Gasteiger partial charge on any atom is -0.394 e. The van der Waals surface area contributed by atoms with E-state index in [1.807, 2.05) is 29.8 Å². The molecule has 3 aromatic heterocycles. The summed E-state index contributed by atoms with van der Waals surface area (Å²) in [6.07, 6.45) is 11.2. The van der Waals surface area contributed by atoms with Crippen molar-refractivity contribution in [2.45, 2.75) is 19.1 Å². The minimum absolute atomic E-state index is 0.109. The molecule has 150 valence electrons. The van der Waals surface area contributed by atoms with Gasteiger partial charge in [-0.15, -0.1) is 11.3 Å². The summed E-state index contributed by atoms with van der Waals surface area (Å²) >= 11 is 1.55. The normalized spacial score (nSPS) is 16.5. The van der Waals surface area contributed by atoms with Crippen LogP contribution >= 0.6 is 11.3 Å². The number of hydrogen-bond acceptors (Lipinski definition) is 8. The molecule has 0 spiro atoms. The van der Waals surface area contributed by atoms with Gasteiger partial charge >= 0.3 is 0 Å². The van der Waals surface area contributed by atoms with Crippen LogP contribution in [0.5, 0.6) is 0 Å². The topological polar surface area (TPSA) is 127 Å². The molecule has 9 nitrogen and oxygen atoms in total. The van der Waals surface area contributed by atoms with E-state index in [1.54, 1.807) is 36.9 Å². The molecule has 3 aromatic rings. The summed E-state index contributed by atoms with van der Waals surface area (Å²) in [5.74, 6) is 0. The van der Waals surface area contributed by atoms with Gasteiger partial charge in [-0.25, -0.2) is 9.67 Å². The van der Waals surface area contributed by atoms with E-state index in [0.29, 0.717) is 11.9 Å². The molecule has 4 rings (SSSR count). The number of rotatable bonds is 6. The maximum absolute atomic E-state index is 12.9. The van der Waals surface area contributed by atoms with E-state index in [-0.39, 0.29) is 24.0 Å². The Morgan fingerprint density at radius 3 is 3.10 bits per heavy atom. The Hall–Kier alpha value is -3.24. The second-order valence-corrected chi connectivity index (χ2v) is 7.84. The molecule has 1 aliphatic heterocycles. The van der Waals surface area contributed by atoms with Crippen LogP contribution in [0.1, 0.15) is 5.01 Å². The Labute approximate surface area is 170 Å². The number of aryl methyl sites for hydroxylation is 1. The van der Waals surface area contributed by atoms with Crippen molar-refractivity contribution >= 4 is 38.3 Å². The minimum atomic E-state index is -0.230. The first kappa shape index (κ1) is 19.1. The zero-order valence-corrected chi connectivity index (χ0v) is 17.0. The molecule has 0 saturated heterocycles. The van der Waals surface area contributed by atoms with Gasteiger partial charge in [-0.3, -0.25) is 4.79 Å². The molecule has 0 saturated carbocycles. The van der Waals surface area contributed by atoms with E-state index in [2.05, 4.69) is 15.7 Å². The molecule has 1 atom stereocenters. The van der Waals surface area contributed by atoms with Crippen molar-refractivity contribution in [3.63, 3.8) is 0 Å². The van der Waals surface area contributed by atoms with Crippen molar-refractivity contribution in [3.8, 4) is 0 Å². The number of fused-ring (bicyclic) bond motifs is 3. The van der Waals surface area contributed by atoms with Crippen molar-refractivity contribution in [1.82, 2.24) is 30.0 Å². The fourth-order valence-electron chi connectivity index (χ4n) is 3.29. The molecule has 0 aromatic carbocycles. The van der Waals surface area contributed by atoms with E-state index in [9.17, 15) is 4.79 Å². The van der Waals surface area contributed by atoms with E-state index < -0.39 is 0 Å². The molecule has 0 bridgehead atoms. The van der Waals surface area contributed by atoms with Crippen molar-refractivity contribution in [2.24, 2.45) is 12.8 Å². The van der Waals surface area contributed by atoms with Crippen molar-refractivity contribution in [1.29, 1.82) is 5.41 Å². The number of nitrogens with two attached hydrogens (primary N) is 1. The predicted molar refractivity (Wildman–Crippen MR) is 116 cm³/mol. The largest absolute Gasteiger partial charge is 0.394 e. The van der Waals surface area contributed by atoms with Gasteiger partial charge in [0.15, 0.2) is 5.65 Å². The maximum Gasteiger partial charge on any atom is 0.291 e. The van der Waals surface area contributed by atoms with E-state index in [1.165, 1.54) is 4.68 Å². The average Bonchev–Trinajstić information content (AvgIpc) is 3.21. The number of nitrogens with one attached hydrogen (secondary N) is 3. The Bertz CT molecular complexity index is 1240. The lowest BCUT2D eigenvalue weighted by Crippen LogP contribution is -2.36. The summed E-state index contributed by atoms with van der Waals surface area (Å²) in [7, 11) is 3.59. The number of aromatic nitrogens is 4. The van der Waals surface area contributed by atoms with Crippen molar-refractivity contribution in [3.05, 3.63) is 57.8 Å². The molecular weight excluding hydrogens is 388 g/mol. The van der Waals surface area contributed by atoms with Crippen LogP contribution < -0.4 is 21.9 Å². The molecule has 1 unspecified atom stereocenters. The third kappa shape index (κ3) is 3.59. The van der Waals surface area contributed by atoms with Gasteiger partial charge < -0.3 is 26.3 Å². The molecule has 0 radical (unpaired) electrons. The van der Waals surface area contributed by atoms with Gasteiger partial charge in [0.2, 0.25) is 0 Å². The van der Waals surface area contributed by atoms with Crippen LogP contribution in [-0.2, 0) is 20.0 Å². The fourth-order valence-corrected chi connectivity index (χ4v) is 4.42. The molecule has 10 heteroatoms. The van der Waals surface area contributed by atoms with Crippen LogP contribution in [0.25, 0.3) is 21.3 Å². The maximum atomic E-state index is 12.9. The molecule has 5 N–H and O–H groups in total. The zero-order valence-electron chi connectivity index (χ0n) is 16.1. The molecule has 0 aliphatic carbocycles. The second-order valence-electron chi connectivity index (χ2n) is 6.76. The molecule has 0 fully saturated rings. The first-order valence-electron chi connectivity index (χ1n) is 9.12. The highest BCUT2D eigenvalue weighted by molar-refractivity contribution is 7.19. The third-order valence-electron chi connectivity index (χ3n) is 4.65. The SMILES string of the molecule is CN/C=C\C(=N)Cn1ncc2c3sc(CC4=CC=CC(N)N4)nc3n(C)c2c1=O. The summed E-state index contributed by atoms with van der Waals surface area (Å²) in [5, 5.41) is 20.0. The highest BCUT2D eigenvalue weighted by Crippen LogP contribution is 2.31. The molecule has 0 amide bonds. The molecule has 1 aliphatic rings. The van der Waals surface area contributed by atoms with Gasteiger partial charge in [0, 0.05) is 31.6 Å². The standard InChI is InChI=1S/C19H22N8OS/c1-22-7-6-11(20)10-27-19(28)16-13(9-23-27)17-18(26(16)2)25-15(29-17)8-12-4-3-5-14(21)24-12/h3-7,9,14,20,22,24H,8,10,21H2,1-2H3/b7-6-,20-11?. The fraction of sp³-hybridized carbons (Fsp3) is 0.263. The van der Waals surface area contributed by atoms with Gasteiger partial charge in [-0.1, -0.05) is 6.08 Å². The Kier molecular flexibility index (Phi) is 5.03. The van der Waals surface area contributed by atoms with E-state index >= 15 is 0 Å². The van der Waals surface area contributed by atoms with Crippen LogP contribution in [0.3, 0.4) is 0 Å². The van der Waals surface area contributed by atoms with Gasteiger partial charge in [0.25, 0.3) is 5.56 Å². The lowest BCUT2D eigenvalue weighted by molar-refractivity contribution is 0.672. The lowest BCUT2D eigenvalue weighted by Gasteiger charge is -2.16. The van der Waals surface area contributed by atoms with Crippen LogP contribution in [0.2, 0.25) is 0 Å². The summed E-state index contributed by atoms with van der Waals surface area (Å²) in [6.45, 7) is 0.109. The Morgan fingerprint density at radius 2 is 2.34 bits per heavy atom. The van der Waals surface area contributed by atoms with Gasteiger partial charge in [-0.05, 0) is 24.4 Å². The highest BCUT2D eigenvalue weighted by Gasteiger charge is 2.19. The van der Waals surface area contributed by atoms with Crippen LogP contribution in [0.15, 0.2) is 47.2 Å². The van der Waals surface area contributed by atoms with Crippen LogP contribution in [0, 0.1) is 5.41 Å². The number of dihydropyridines is 1. The van der Waals surface area contributed by atoms with Gasteiger partial charge in [0.1, 0.15) is 10.5 Å². The molecule has 4 heterocycles. The summed E-state index contributed by atoms with van der Waals surface area (Å²) < 4.78 is 4.06. The van der Waals surface area contributed by atoms with Crippen molar-refractivity contribution < 1.29 is 0 Å². The first-order chi connectivity index (χ1) is 14.0. The van der Waals surface area contributed by atoms with Crippen LogP contribution in [0.4, 0.5) is 0 Å². The number of hydrogen-bond donors (Lipinski definition) is 4. The summed E-state index contributed by atoms with van der Waals surface area (Å²) in [5.41, 5.74) is 8.27. The van der Waals surface area contributed by atoms with Crippen LogP contribution in [-0.4, -0.2) is 38.3 Å². The number of nitrogens with zero attached hydrogens (tertiary/aromatic N) is 4. The Morgan fingerprint density at radius 1 is 1.52 bits per heavy atom. The second kappa shape index (κ2) is 7.64. The third-order valence-corrected chi connectivity index (χ3v) is 5.73. The zero-order chi connectivity index (χ0) is 20.5. The molecular formula is C19H22N8OS. The Balaban J connectivity index is 1.69.